The van der Waals surface area contributed by atoms with Crippen LogP contribution in [0.2, 0.25) is 0 Å². The summed E-state index contributed by atoms with van der Waals surface area (Å²) < 4.78 is 4.80. The number of carboxylic acids is 1. The molecule has 0 saturated heterocycles. The number of methoxy groups -OCH3 is 1. The van der Waals surface area contributed by atoms with Gasteiger partial charge >= 0.3 is 5.97 Å². The number of ether oxygens (including phenoxy) is 1. The molecule has 0 aliphatic heterocycles. The molecule has 0 atom stereocenters. The minimum absolute atomic E-state index is 0.0509. The minimum atomic E-state index is -1.11. The Kier molecular flexibility index (Phi) is 5.63. The van der Waals surface area contributed by atoms with Gasteiger partial charge in [-0.1, -0.05) is 11.6 Å². The molecule has 6 heteroatoms. The van der Waals surface area contributed by atoms with E-state index in [1.807, 2.05) is 6.92 Å². The zero-order valence-electron chi connectivity index (χ0n) is 12.5. The topological polar surface area (TPSA) is 107 Å². The zero-order chi connectivity index (χ0) is 16.9. The lowest BCUT2D eigenvalue weighted by molar-refractivity contribution is 0.0693. The highest BCUT2D eigenvalue weighted by atomic mass is 16.5. The highest BCUT2D eigenvalue weighted by Gasteiger charge is 2.08. The molecule has 0 spiro atoms. The van der Waals surface area contributed by atoms with E-state index in [2.05, 4.69) is 0 Å². The number of hydrogen-bond donors (Lipinski definition) is 4. The van der Waals surface area contributed by atoms with Crippen molar-refractivity contribution in [3.63, 3.8) is 0 Å². The normalized spacial score (nSPS) is 9.59. The third kappa shape index (κ3) is 4.31. The Bertz CT molecular complexity index is 679. The van der Waals surface area contributed by atoms with E-state index in [9.17, 15) is 4.79 Å². The molecule has 0 bridgehead atoms. The Balaban J connectivity index is 0.000000220. The third-order valence-corrected chi connectivity index (χ3v) is 2.80. The van der Waals surface area contributed by atoms with Crippen LogP contribution in [0.4, 0.5) is 0 Å². The first-order valence-corrected chi connectivity index (χ1v) is 6.35. The van der Waals surface area contributed by atoms with E-state index in [1.54, 1.807) is 19.1 Å². The lowest BCUT2D eigenvalue weighted by Gasteiger charge is -2.05. The van der Waals surface area contributed by atoms with E-state index >= 15 is 0 Å². The summed E-state index contributed by atoms with van der Waals surface area (Å²) in [6.07, 6.45) is 0. The fourth-order valence-corrected chi connectivity index (χ4v) is 1.70. The van der Waals surface area contributed by atoms with Gasteiger partial charge in [0.2, 0.25) is 5.75 Å². The van der Waals surface area contributed by atoms with Gasteiger partial charge in [-0.05, 0) is 43.7 Å². The number of carboxylic acid groups (broad SMARTS) is 1. The fraction of sp³-hybridized carbons (Fsp3) is 0.188. The molecule has 0 amide bonds. The van der Waals surface area contributed by atoms with E-state index in [0.717, 1.165) is 11.1 Å². The fourth-order valence-electron chi connectivity index (χ4n) is 1.70. The van der Waals surface area contributed by atoms with Crippen molar-refractivity contribution in [2.45, 2.75) is 13.8 Å². The highest BCUT2D eigenvalue weighted by Crippen LogP contribution is 2.35. The van der Waals surface area contributed by atoms with Gasteiger partial charge < -0.3 is 25.2 Å². The Hall–Kier alpha value is -2.89. The van der Waals surface area contributed by atoms with Crippen LogP contribution in [-0.2, 0) is 0 Å². The molecule has 0 aliphatic carbocycles. The van der Waals surface area contributed by atoms with Gasteiger partial charge in [-0.2, -0.15) is 0 Å². The predicted octanol–water partition coefficient (Wildman–Crippen LogP) is 2.81. The summed E-state index contributed by atoms with van der Waals surface area (Å²) in [5.41, 5.74) is 1.61. The molecule has 0 radical (unpaired) electrons. The Morgan fingerprint density at radius 1 is 0.955 bits per heavy atom. The second kappa shape index (κ2) is 7.21. The number of aromatic hydroxyl groups is 3. The van der Waals surface area contributed by atoms with Crippen molar-refractivity contribution in [1.82, 2.24) is 0 Å². The van der Waals surface area contributed by atoms with Crippen molar-refractivity contribution in [2.24, 2.45) is 0 Å². The lowest BCUT2D eigenvalue weighted by atomic mass is 10.1. The van der Waals surface area contributed by atoms with E-state index in [-0.39, 0.29) is 22.8 Å². The average Bonchev–Trinajstić information content (AvgIpc) is 2.45. The van der Waals surface area contributed by atoms with Gasteiger partial charge in [0.1, 0.15) is 11.3 Å². The first-order chi connectivity index (χ1) is 10.3. The summed E-state index contributed by atoms with van der Waals surface area (Å²) in [6, 6.07) is 7.57. The molecule has 0 aliphatic rings. The van der Waals surface area contributed by atoms with Crippen molar-refractivity contribution >= 4 is 5.97 Å². The molecule has 4 N–H and O–H groups in total. The van der Waals surface area contributed by atoms with Crippen molar-refractivity contribution in [1.29, 1.82) is 0 Å². The Labute approximate surface area is 127 Å². The number of hydrogen-bond acceptors (Lipinski definition) is 5. The van der Waals surface area contributed by atoms with Crippen LogP contribution in [0.1, 0.15) is 21.5 Å². The smallest absolute Gasteiger partial charge is 0.339 e. The van der Waals surface area contributed by atoms with E-state index in [0.29, 0.717) is 5.75 Å². The maximum Gasteiger partial charge on any atom is 0.339 e. The number of carbonyl (C=O) groups is 1. The number of rotatable bonds is 2. The summed E-state index contributed by atoms with van der Waals surface area (Å²) in [6.45, 7) is 3.58. The van der Waals surface area contributed by atoms with E-state index in [1.165, 1.54) is 25.3 Å². The minimum Gasteiger partial charge on any atom is -0.507 e. The third-order valence-electron chi connectivity index (χ3n) is 2.80. The zero-order valence-corrected chi connectivity index (χ0v) is 12.5. The summed E-state index contributed by atoms with van der Waals surface area (Å²) in [5, 5.41) is 35.8. The number of aromatic carboxylic acids is 1. The molecule has 0 heterocycles. The largest absolute Gasteiger partial charge is 0.507 e. The number of phenolic OH excluding ortho intramolecular Hbond substituents is 2. The van der Waals surface area contributed by atoms with Gasteiger partial charge in [-0.15, -0.1) is 0 Å². The first kappa shape index (κ1) is 17.2. The summed E-state index contributed by atoms with van der Waals surface area (Å²) in [4.78, 5) is 10.4. The van der Waals surface area contributed by atoms with Crippen LogP contribution in [0.25, 0.3) is 0 Å². The Morgan fingerprint density at radius 2 is 1.59 bits per heavy atom. The molecule has 118 valence electrons. The molecule has 2 aromatic rings. The SMILES string of the molecule is COc1cc(C)cc(O)c1O.Cc1ccc(O)c(C(=O)O)c1. The van der Waals surface area contributed by atoms with Gasteiger partial charge in [0.05, 0.1) is 7.11 Å². The summed E-state index contributed by atoms with van der Waals surface area (Å²) in [7, 11) is 1.44. The molecule has 6 nitrogen and oxygen atoms in total. The number of benzene rings is 2. The van der Waals surface area contributed by atoms with Gasteiger partial charge in [0, 0.05) is 0 Å². The van der Waals surface area contributed by atoms with Crippen molar-refractivity contribution < 1.29 is 30.0 Å². The summed E-state index contributed by atoms with van der Waals surface area (Å²) in [5.74, 6) is -1.36. The monoisotopic (exact) mass is 306 g/mol. The van der Waals surface area contributed by atoms with Crippen molar-refractivity contribution in [2.75, 3.05) is 7.11 Å². The van der Waals surface area contributed by atoms with Crippen molar-refractivity contribution in [3.8, 4) is 23.0 Å². The van der Waals surface area contributed by atoms with Crippen LogP contribution in [0, 0.1) is 13.8 Å². The van der Waals surface area contributed by atoms with Gasteiger partial charge in [0.15, 0.2) is 11.5 Å². The van der Waals surface area contributed by atoms with Crippen LogP contribution >= 0.6 is 0 Å². The molecular weight excluding hydrogens is 288 g/mol. The van der Waals surface area contributed by atoms with Crippen LogP contribution in [-0.4, -0.2) is 33.5 Å². The standard InChI is InChI=1S/C8H10O3.C8H8O3/c1-5-3-6(9)8(10)7(4-5)11-2;1-5-2-3-7(9)6(4-5)8(10)11/h3-4,9-10H,1-2H3;2-4,9H,1H3,(H,10,11). The van der Waals surface area contributed by atoms with Crippen molar-refractivity contribution in [3.05, 3.63) is 47.0 Å². The second-order valence-electron chi connectivity index (χ2n) is 4.66. The van der Waals surface area contributed by atoms with Crippen LogP contribution in [0.3, 0.4) is 0 Å². The molecule has 2 rings (SSSR count). The summed E-state index contributed by atoms with van der Waals surface area (Å²) >= 11 is 0. The van der Waals surface area contributed by atoms with Gasteiger partial charge in [0.25, 0.3) is 0 Å². The average molecular weight is 306 g/mol. The van der Waals surface area contributed by atoms with E-state index < -0.39 is 5.97 Å². The molecule has 22 heavy (non-hydrogen) atoms. The highest BCUT2D eigenvalue weighted by molar-refractivity contribution is 5.90. The van der Waals surface area contributed by atoms with Gasteiger partial charge in [-0.3, -0.25) is 0 Å². The molecule has 0 fully saturated rings. The maximum absolute atomic E-state index is 10.4. The molecule has 0 unspecified atom stereocenters. The quantitative estimate of drug-likeness (QED) is 0.636. The predicted molar refractivity (Wildman–Crippen MR) is 80.9 cm³/mol. The first-order valence-electron chi connectivity index (χ1n) is 6.35. The lowest BCUT2D eigenvalue weighted by Crippen LogP contribution is -1.96. The van der Waals surface area contributed by atoms with Crippen LogP contribution < -0.4 is 4.74 Å². The maximum atomic E-state index is 10.4. The second-order valence-corrected chi connectivity index (χ2v) is 4.66. The molecular formula is C16H18O6. The van der Waals surface area contributed by atoms with Crippen LogP contribution in [0.5, 0.6) is 23.0 Å². The molecule has 0 aromatic heterocycles. The Morgan fingerprint density at radius 3 is 2.09 bits per heavy atom. The number of aryl methyl sites for hydroxylation is 2. The molecule has 0 saturated carbocycles. The van der Waals surface area contributed by atoms with Gasteiger partial charge in [-0.25, -0.2) is 4.79 Å². The number of phenols is 3. The molecule has 2 aromatic carbocycles. The van der Waals surface area contributed by atoms with Crippen LogP contribution in [0.15, 0.2) is 30.3 Å². The van der Waals surface area contributed by atoms with E-state index in [4.69, 9.17) is 25.2 Å².